The van der Waals surface area contributed by atoms with E-state index in [2.05, 4.69) is 0 Å². The van der Waals surface area contributed by atoms with Crippen LogP contribution in [0.3, 0.4) is 0 Å². The predicted octanol–water partition coefficient (Wildman–Crippen LogP) is 2.04. The summed E-state index contributed by atoms with van der Waals surface area (Å²) in [4.78, 5) is 35.7. The number of aliphatic carboxylic acids is 1. The molecule has 0 heterocycles. The number of hydrogen-bond acceptors (Lipinski definition) is 5. The Balaban J connectivity index is 4.86. The molecule has 7 heteroatoms. The molecule has 0 aliphatic heterocycles. The summed E-state index contributed by atoms with van der Waals surface area (Å²) >= 11 is 0. The van der Waals surface area contributed by atoms with Crippen molar-refractivity contribution in [3.05, 3.63) is 0 Å². The summed E-state index contributed by atoms with van der Waals surface area (Å²) in [7, 11) is 0. The van der Waals surface area contributed by atoms with Crippen LogP contribution in [0.15, 0.2) is 0 Å². The van der Waals surface area contributed by atoms with Gasteiger partial charge < -0.3 is 14.6 Å². The summed E-state index contributed by atoms with van der Waals surface area (Å²) in [5, 5.41) is 8.66. The summed E-state index contributed by atoms with van der Waals surface area (Å²) in [6.45, 7) is 8.68. The quantitative estimate of drug-likeness (QED) is 0.723. The van der Waals surface area contributed by atoms with E-state index in [4.69, 9.17) is 14.6 Å². The molecule has 1 unspecified atom stereocenters. The molecule has 0 spiro atoms. The van der Waals surface area contributed by atoms with Gasteiger partial charge in [0, 0.05) is 13.0 Å². The monoisotopic (exact) mass is 303 g/mol. The van der Waals surface area contributed by atoms with E-state index in [-0.39, 0.29) is 26.0 Å². The van der Waals surface area contributed by atoms with Crippen molar-refractivity contribution in [1.82, 2.24) is 4.90 Å². The molecule has 0 saturated carbocycles. The summed E-state index contributed by atoms with van der Waals surface area (Å²) in [5.41, 5.74) is -0.698. The molecule has 122 valence electrons. The maximum Gasteiger partial charge on any atom is 0.411 e. The van der Waals surface area contributed by atoms with Crippen LogP contribution >= 0.6 is 0 Å². The number of ether oxygens (including phenoxy) is 2. The van der Waals surface area contributed by atoms with Crippen molar-refractivity contribution >= 4 is 18.0 Å². The summed E-state index contributed by atoms with van der Waals surface area (Å²) in [6, 6.07) is -0.825. The van der Waals surface area contributed by atoms with Crippen LogP contribution in [0.5, 0.6) is 0 Å². The number of carbonyl (C=O) groups is 3. The molecule has 1 N–H and O–H groups in total. The number of hydrogen-bond donors (Lipinski definition) is 1. The van der Waals surface area contributed by atoms with Gasteiger partial charge in [-0.25, -0.2) is 9.59 Å². The molecule has 0 bridgehead atoms. The number of carboxylic acid groups (broad SMARTS) is 1. The van der Waals surface area contributed by atoms with Gasteiger partial charge in [0.15, 0.2) is 0 Å². The van der Waals surface area contributed by atoms with E-state index in [0.29, 0.717) is 0 Å². The summed E-state index contributed by atoms with van der Waals surface area (Å²) < 4.78 is 10.1. The van der Waals surface area contributed by atoms with Crippen molar-refractivity contribution < 1.29 is 29.0 Å². The molecule has 21 heavy (non-hydrogen) atoms. The number of esters is 1. The van der Waals surface area contributed by atoms with E-state index in [9.17, 15) is 14.4 Å². The first-order chi connectivity index (χ1) is 9.58. The van der Waals surface area contributed by atoms with Crippen LogP contribution in [0, 0.1) is 0 Å². The van der Waals surface area contributed by atoms with Gasteiger partial charge in [0.2, 0.25) is 0 Å². The lowest BCUT2D eigenvalue weighted by Crippen LogP contribution is -2.46. The Morgan fingerprint density at radius 1 is 1.24 bits per heavy atom. The number of carbonyl (C=O) groups excluding carboxylic acids is 2. The third kappa shape index (κ3) is 8.16. The number of nitrogens with zero attached hydrogens (tertiary/aromatic N) is 1. The molecular weight excluding hydrogens is 278 g/mol. The van der Waals surface area contributed by atoms with Crippen LogP contribution in [0.1, 0.15) is 47.5 Å². The highest BCUT2D eigenvalue weighted by molar-refractivity contribution is 5.81. The fourth-order valence-corrected chi connectivity index (χ4v) is 1.55. The van der Waals surface area contributed by atoms with Crippen LogP contribution in [0.25, 0.3) is 0 Å². The maximum atomic E-state index is 12.1. The van der Waals surface area contributed by atoms with Gasteiger partial charge in [-0.05, 0) is 41.0 Å². The summed E-state index contributed by atoms with van der Waals surface area (Å²) in [6.07, 6.45) is -0.513. The van der Waals surface area contributed by atoms with Gasteiger partial charge in [-0.15, -0.1) is 0 Å². The van der Waals surface area contributed by atoms with E-state index in [1.807, 2.05) is 0 Å². The van der Waals surface area contributed by atoms with Crippen molar-refractivity contribution in [3.63, 3.8) is 0 Å². The number of carboxylic acids is 1. The molecule has 0 fully saturated rings. The van der Waals surface area contributed by atoms with Crippen LogP contribution in [-0.2, 0) is 19.1 Å². The second-order valence-electron chi connectivity index (χ2n) is 5.60. The maximum absolute atomic E-state index is 12.1. The lowest BCUT2D eigenvalue weighted by Gasteiger charge is -2.30. The first-order valence-electron chi connectivity index (χ1n) is 6.96. The molecule has 0 aromatic carbocycles. The Bertz CT molecular complexity index is 374. The molecule has 0 rings (SSSR count). The van der Waals surface area contributed by atoms with Crippen LogP contribution in [0.2, 0.25) is 0 Å². The fourth-order valence-electron chi connectivity index (χ4n) is 1.55. The zero-order valence-corrected chi connectivity index (χ0v) is 13.3. The van der Waals surface area contributed by atoms with Gasteiger partial charge in [-0.2, -0.15) is 0 Å². The predicted molar refractivity (Wildman–Crippen MR) is 75.9 cm³/mol. The highest BCUT2D eigenvalue weighted by Gasteiger charge is 2.30. The molecule has 0 radical (unpaired) electrons. The molecule has 0 aliphatic rings. The highest BCUT2D eigenvalue weighted by Crippen LogP contribution is 2.13. The number of amides is 1. The zero-order chi connectivity index (χ0) is 16.6. The van der Waals surface area contributed by atoms with Gasteiger partial charge in [0.25, 0.3) is 0 Å². The van der Waals surface area contributed by atoms with Crippen LogP contribution in [-0.4, -0.2) is 52.8 Å². The van der Waals surface area contributed by atoms with E-state index < -0.39 is 29.7 Å². The lowest BCUT2D eigenvalue weighted by atomic mass is 10.2. The molecule has 0 saturated heterocycles. The first kappa shape index (κ1) is 19.2. The fraction of sp³-hybridized carbons (Fsp3) is 0.786. The van der Waals surface area contributed by atoms with Crippen LogP contribution in [0.4, 0.5) is 4.79 Å². The molecule has 0 aliphatic carbocycles. The minimum Gasteiger partial charge on any atom is -0.481 e. The van der Waals surface area contributed by atoms with E-state index in [0.717, 1.165) is 0 Å². The Morgan fingerprint density at radius 3 is 2.24 bits per heavy atom. The Hall–Kier alpha value is -1.79. The zero-order valence-electron chi connectivity index (χ0n) is 13.3. The molecule has 1 amide bonds. The molecule has 0 aromatic rings. The second kappa shape index (κ2) is 8.49. The van der Waals surface area contributed by atoms with Gasteiger partial charge >= 0.3 is 18.0 Å². The van der Waals surface area contributed by atoms with E-state index in [1.165, 1.54) is 11.8 Å². The van der Waals surface area contributed by atoms with Crippen molar-refractivity contribution in [2.45, 2.75) is 59.1 Å². The topological polar surface area (TPSA) is 93.1 Å². The molecule has 1 atom stereocenters. The molecular formula is C14H25NO6. The second-order valence-corrected chi connectivity index (χ2v) is 5.60. The highest BCUT2D eigenvalue weighted by atomic mass is 16.6. The van der Waals surface area contributed by atoms with Gasteiger partial charge in [-0.1, -0.05) is 0 Å². The standard InChI is InChI=1S/C14H25NO6/c1-6-20-12(18)10(2)15(9-7-8-11(16)17)13(19)21-14(3,4)5/h10H,6-9H2,1-5H3,(H,16,17). The molecule has 0 aromatic heterocycles. The van der Waals surface area contributed by atoms with Gasteiger partial charge in [-0.3, -0.25) is 9.69 Å². The lowest BCUT2D eigenvalue weighted by molar-refractivity contribution is -0.148. The SMILES string of the molecule is CCOC(=O)C(C)N(CCCC(=O)O)C(=O)OC(C)(C)C. The normalized spacial score (nSPS) is 12.4. The van der Waals surface area contributed by atoms with E-state index >= 15 is 0 Å². The van der Waals surface area contributed by atoms with E-state index in [1.54, 1.807) is 27.7 Å². The first-order valence-corrected chi connectivity index (χ1v) is 6.96. The largest absolute Gasteiger partial charge is 0.481 e. The third-order valence-electron chi connectivity index (χ3n) is 2.51. The van der Waals surface area contributed by atoms with Crippen molar-refractivity contribution in [3.8, 4) is 0 Å². The Labute approximate surface area is 125 Å². The minimum absolute atomic E-state index is 0.0884. The smallest absolute Gasteiger partial charge is 0.411 e. The van der Waals surface area contributed by atoms with Crippen molar-refractivity contribution in [2.75, 3.05) is 13.2 Å². The number of rotatable bonds is 7. The minimum atomic E-state index is -0.956. The van der Waals surface area contributed by atoms with Crippen LogP contribution < -0.4 is 0 Å². The molecule has 7 nitrogen and oxygen atoms in total. The van der Waals surface area contributed by atoms with Crippen molar-refractivity contribution in [2.24, 2.45) is 0 Å². The van der Waals surface area contributed by atoms with Crippen molar-refractivity contribution in [1.29, 1.82) is 0 Å². The summed E-state index contributed by atoms with van der Waals surface area (Å²) in [5.74, 6) is -1.50. The third-order valence-corrected chi connectivity index (χ3v) is 2.51. The van der Waals surface area contributed by atoms with Gasteiger partial charge in [0.05, 0.1) is 6.61 Å². The Kier molecular flexibility index (Phi) is 7.76. The average Bonchev–Trinajstić information content (AvgIpc) is 2.31. The average molecular weight is 303 g/mol. The Morgan fingerprint density at radius 2 is 1.81 bits per heavy atom. The van der Waals surface area contributed by atoms with Gasteiger partial charge in [0.1, 0.15) is 11.6 Å².